The maximum absolute atomic E-state index is 12.7. The summed E-state index contributed by atoms with van der Waals surface area (Å²) in [5, 5.41) is 3.66. The van der Waals surface area contributed by atoms with Crippen LogP contribution in [0.4, 0.5) is 0 Å². The van der Waals surface area contributed by atoms with E-state index in [1.165, 1.54) is 12.8 Å². The molecule has 0 unspecified atom stereocenters. The van der Waals surface area contributed by atoms with Crippen LogP contribution in [0.25, 0.3) is 11.5 Å². The van der Waals surface area contributed by atoms with Crippen molar-refractivity contribution in [3.63, 3.8) is 0 Å². The molecule has 1 aliphatic carbocycles. The first-order valence-electron chi connectivity index (χ1n) is 9.72. The molecule has 1 N–H and O–H groups in total. The molecule has 0 atom stereocenters. The van der Waals surface area contributed by atoms with Crippen molar-refractivity contribution in [2.75, 3.05) is 19.6 Å². The van der Waals surface area contributed by atoms with Gasteiger partial charge in [-0.05, 0) is 57.2 Å². The van der Waals surface area contributed by atoms with E-state index < -0.39 is 0 Å². The third kappa shape index (κ3) is 5.72. The van der Waals surface area contributed by atoms with Crippen LogP contribution in [-0.4, -0.2) is 41.5 Å². The highest BCUT2D eigenvalue weighted by atomic mass is 35.5. The van der Waals surface area contributed by atoms with Crippen LogP contribution in [0.2, 0.25) is 0 Å². The number of carbonyl (C=O) groups excluding carboxylic acids is 1. The van der Waals surface area contributed by atoms with E-state index in [1.54, 1.807) is 0 Å². The second kappa shape index (κ2) is 10.3. The zero-order valence-electron chi connectivity index (χ0n) is 16.2. The molecule has 0 bridgehead atoms. The molecule has 2 aliphatic rings. The van der Waals surface area contributed by atoms with Gasteiger partial charge in [0.1, 0.15) is 5.76 Å². The standard InChI is InChI=1S/C21H27N3O2.2ClH/c1-15-19(23-21(26-15)17-5-3-2-4-6-17)13-20(25)24-11-9-18(10-12-24)22-14-16-7-8-16;;/h2-6,16,18,22H,7-14H2,1H3;2*1H. The van der Waals surface area contributed by atoms with Crippen molar-refractivity contribution in [1.82, 2.24) is 15.2 Å². The van der Waals surface area contributed by atoms with Crippen molar-refractivity contribution in [3.05, 3.63) is 41.8 Å². The predicted molar refractivity (Wildman–Crippen MR) is 115 cm³/mol. The van der Waals surface area contributed by atoms with E-state index in [9.17, 15) is 4.79 Å². The van der Waals surface area contributed by atoms with Crippen LogP contribution < -0.4 is 5.32 Å². The fourth-order valence-corrected chi connectivity index (χ4v) is 3.54. The molecule has 4 rings (SSSR count). The Morgan fingerprint density at radius 3 is 2.46 bits per heavy atom. The minimum Gasteiger partial charge on any atom is -0.441 e. The molecule has 1 aliphatic heterocycles. The van der Waals surface area contributed by atoms with Gasteiger partial charge in [0, 0.05) is 24.7 Å². The van der Waals surface area contributed by atoms with Gasteiger partial charge in [0.15, 0.2) is 0 Å². The molecule has 7 heteroatoms. The summed E-state index contributed by atoms with van der Waals surface area (Å²) >= 11 is 0. The second-order valence-corrected chi connectivity index (χ2v) is 7.57. The van der Waals surface area contributed by atoms with E-state index >= 15 is 0 Å². The Labute approximate surface area is 179 Å². The number of aromatic nitrogens is 1. The Bertz CT molecular complexity index is 754. The monoisotopic (exact) mass is 425 g/mol. The number of likely N-dealkylation sites (tertiary alicyclic amines) is 1. The summed E-state index contributed by atoms with van der Waals surface area (Å²) in [6.45, 7) is 4.71. The maximum atomic E-state index is 12.7. The molecule has 0 spiro atoms. The summed E-state index contributed by atoms with van der Waals surface area (Å²) in [5.74, 6) is 2.39. The lowest BCUT2D eigenvalue weighted by Gasteiger charge is -2.32. The van der Waals surface area contributed by atoms with Crippen LogP contribution in [0, 0.1) is 12.8 Å². The van der Waals surface area contributed by atoms with Crippen LogP contribution in [0.3, 0.4) is 0 Å². The van der Waals surface area contributed by atoms with Crippen molar-refractivity contribution in [3.8, 4) is 11.5 Å². The fourth-order valence-electron chi connectivity index (χ4n) is 3.54. The fraction of sp³-hybridized carbons (Fsp3) is 0.524. The van der Waals surface area contributed by atoms with Gasteiger partial charge < -0.3 is 14.6 Å². The number of piperidine rings is 1. The van der Waals surface area contributed by atoms with Crippen molar-refractivity contribution in [2.24, 2.45) is 5.92 Å². The van der Waals surface area contributed by atoms with Crippen molar-refractivity contribution >= 4 is 30.7 Å². The predicted octanol–water partition coefficient (Wildman–Crippen LogP) is 4.03. The number of halogens is 2. The first-order valence-corrected chi connectivity index (χ1v) is 9.72. The smallest absolute Gasteiger partial charge is 0.228 e. The topological polar surface area (TPSA) is 58.4 Å². The molecule has 5 nitrogen and oxygen atoms in total. The number of hydrogen-bond donors (Lipinski definition) is 1. The number of carbonyl (C=O) groups is 1. The molecule has 1 amide bonds. The highest BCUT2D eigenvalue weighted by Crippen LogP contribution is 2.28. The molecular weight excluding hydrogens is 397 g/mol. The largest absolute Gasteiger partial charge is 0.441 e. The summed E-state index contributed by atoms with van der Waals surface area (Å²) in [4.78, 5) is 19.2. The Morgan fingerprint density at radius 2 is 1.82 bits per heavy atom. The number of benzene rings is 1. The zero-order valence-corrected chi connectivity index (χ0v) is 17.9. The Morgan fingerprint density at radius 1 is 1.14 bits per heavy atom. The van der Waals surface area contributed by atoms with Gasteiger partial charge in [-0.2, -0.15) is 0 Å². The third-order valence-electron chi connectivity index (χ3n) is 5.47. The molecule has 2 heterocycles. The lowest BCUT2D eigenvalue weighted by Crippen LogP contribution is -2.45. The lowest BCUT2D eigenvalue weighted by atomic mass is 10.0. The maximum Gasteiger partial charge on any atom is 0.228 e. The van der Waals surface area contributed by atoms with Gasteiger partial charge in [0.05, 0.1) is 12.1 Å². The average Bonchev–Trinajstić information content (AvgIpc) is 3.44. The number of oxazole rings is 1. The number of amides is 1. The molecule has 2 fully saturated rings. The van der Waals surface area contributed by atoms with E-state index in [1.807, 2.05) is 42.2 Å². The highest BCUT2D eigenvalue weighted by Gasteiger charge is 2.26. The van der Waals surface area contributed by atoms with Gasteiger partial charge >= 0.3 is 0 Å². The SMILES string of the molecule is Cc1oc(-c2ccccc2)nc1CC(=O)N1CCC(NCC2CC2)CC1.Cl.Cl. The highest BCUT2D eigenvalue weighted by molar-refractivity contribution is 5.85. The third-order valence-corrected chi connectivity index (χ3v) is 5.47. The zero-order chi connectivity index (χ0) is 17.9. The Balaban J connectivity index is 0.00000140. The first-order chi connectivity index (χ1) is 12.7. The van der Waals surface area contributed by atoms with Gasteiger partial charge in [-0.1, -0.05) is 18.2 Å². The summed E-state index contributed by atoms with van der Waals surface area (Å²) in [5.41, 5.74) is 1.69. The molecule has 1 aromatic heterocycles. The molecule has 0 radical (unpaired) electrons. The molecule has 2 aromatic rings. The van der Waals surface area contributed by atoms with Crippen LogP contribution in [-0.2, 0) is 11.2 Å². The minimum absolute atomic E-state index is 0. The van der Waals surface area contributed by atoms with E-state index in [2.05, 4.69) is 10.3 Å². The summed E-state index contributed by atoms with van der Waals surface area (Å²) < 4.78 is 5.77. The van der Waals surface area contributed by atoms with Gasteiger partial charge in [0.2, 0.25) is 11.8 Å². The molecule has 154 valence electrons. The van der Waals surface area contributed by atoms with E-state index in [0.717, 1.165) is 55.4 Å². The Hall–Kier alpha value is -1.56. The summed E-state index contributed by atoms with van der Waals surface area (Å²) in [7, 11) is 0. The van der Waals surface area contributed by atoms with Crippen molar-refractivity contribution < 1.29 is 9.21 Å². The average molecular weight is 426 g/mol. The molecular formula is C21H29Cl2N3O2. The number of aryl methyl sites for hydroxylation is 1. The second-order valence-electron chi connectivity index (χ2n) is 7.57. The van der Waals surface area contributed by atoms with Crippen LogP contribution >= 0.6 is 24.8 Å². The van der Waals surface area contributed by atoms with Gasteiger partial charge in [0.25, 0.3) is 0 Å². The summed E-state index contributed by atoms with van der Waals surface area (Å²) in [6, 6.07) is 10.4. The summed E-state index contributed by atoms with van der Waals surface area (Å²) in [6.07, 6.45) is 5.18. The van der Waals surface area contributed by atoms with Crippen LogP contribution in [0.5, 0.6) is 0 Å². The van der Waals surface area contributed by atoms with Crippen molar-refractivity contribution in [1.29, 1.82) is 0 Å². The molecule has 1 saturated heterocycles. The van der Waals surface area contributed by atoms with E-state index in [-0.39, 0.29) is 30.7 Å². The quantitative estimate of drug-likeness (QED) is 0.758. The van der Waals surface area contributed by atoms with Gasteiger partial charge in [-0.3, -0.25) is 4.79 Å². The molecule has 1 saturated carbocycles. The Kier molecular flexibility index (Phi) is 8.35. The van der Waals surface area contributed by atoms with Crippen LogP contribution in [0.15, 0.2) is 34.7 Å². The number of hydrogen-bond acceptors (Lipinski definition) is 4. The first kappa shape index (κ1) is 22.7. The van der Waals surface area contributed by atoms with E-state index in [0.29, 0.717) is 18.4 Å². The number of nitrogens with one attached hydrogen (secondary N) is 1. The lowest BCUT2D eigenvalue weighted by molar-refractivity contribution is -0.131. The van der Waals surface area contributed by atoms with E-state index in [4.69, 9.17) is 4.42 Å². The van der Waals surface area contributed by atoms with Gasteiger partial charge in [-0.15, -0.1) is 24.8 Å². The molecule has 28 heavy (non-hydrogen) atoms. The normalized spacial score (nSPS) is 17.0. The molecule has 1 aromatic carbocycles. The van der Waals surface area contributed by atoms with Crippen molar-refractivity contribution in [2.45, 2.75) is 45.1 Å². The van der Waals surface area contributed by atoms with Gasteiger partial charge in [-0.25, -0.2) is 4.98 Å². The van der Waals surface area contributed by atoms with Crippen LogP contribution in [0.1, 0.15) is 37.1 Å². The number of rotatable bonds is 6. The number of nitrogens with zero attached hydrogens (tertiary/aromatic N) is 2. The minimum atomic E-state index is 0.